The third-order valence-electron chi connectivity index (χ3n) is 5.08. The average Bonchev–Trinajstić information content (AvgIpc) is 2.88. The van der Waals surface area contributed by atoms with Gasteiger partial charge in [0.15, 0.2) is 17.6 Å². The highest BCUT2D eigenvalue weighted by molar-refractivity contribution is 6.35. The normalized spacial score (nSPS) is 12.4. The zero-order chi connectivity index (χ0) is 29.1. The first-order valence-electron chi connectivity index (χ1n) is 11.6. The lowest BCUT2D eigenvalue weighted by Crippen LogP contribution is -2.49. The molecule has 0 heterocycles. The summed E-state index contributed by atoms with van der Waals surface area (Å²) in [6, 6.07) is 6.00. The van der Waals surface area contributed by atoms with Gasteiger partial charge in [-0.05, 0) is 37.5 Å². The molecule has 2 amide bonds. The number of hydrogen-bond donors (Lipinski definition) is 2. The molecule has 0 aromatic heterocycles. The molecule has 0 aliphatic heterocycles. The standard InChI is InChI=1S/C26H28Cl2N4O7/c1-6-9-38-24-17(11-19(32(35)36)13-23(24)37-5)14-29-31-26(34)21(10-15(2)3)30-25(33)16(4)39-22-8-7-18(27)12-20(22)28/h1,7-8,11-16,21H,9-10H2,2-5H3,(H,30,33)(H,31,34)/b29-14-/t16-,21+/m1/s1. The number of hydrazone groups is 1. The summed E-state index contributed by atoms with van der Waals surface area (Å²) in [5.74, 6) is 1.59. The number of carbonyl (C=O) groups is 2. The molecule has 0 unspecified atom stereocenters. The smallest absolute Gasteiger partial charge is 0.274 e. The van der Waals surface area contributed by atoms with E-state index in [0.717, 1.165) is 6.21 Å². The second-order valence-electron chi connectivity index (χ2n) is 8.58. The SMILES string of the molecule is C#CCOc1c(/C=N\NC(=O)[C@H](CC(C)C)NC(=O)[C@@H](C)Oc2ccc(Cl)cc2Cl)cc([N+](=O)[O-])cc1OC. The lowest BCUT2D eigenvalue weighted by molar-refractivity contribution is -0.385. The van der Waals surface area contributed by atoms with Gasteiger partial charge in [0.1, 0.15) is 18.4 Å². The summed E-state index contributed by atoms with van der Waals surface area (Å²) in [5, 5.41) is 18.5. The highest BCUT2D eigenvalue weighted by Crippen LogP contribution is 2.35. The number of nitrogens with one attached hydrogen (secondary N) is 2. The van der Waals surface area contributed by atoms with Gasteiger partial charge < -0.3 is 19.5 Å². The van der Waals surface area contributed by atoms with Crippen LogP contribution in [0.25, 0.3) is 0 Å². The van der Waals surface area contributed by atoms with Gasteiger partial charge in [0.2, 0.25) is 0 Å². The van der Waals surface area contributed by atoms with Gasteiger partial charge in [0.05, 0.1) is 29.3 Å². The molecular weight excluding hydrogens is 551 g/mol. The summed E-state index contributed by atoms with van der Waals surface area (Å²) in [6.45, 7) is 5.14. The second-order valence-corrected chi connectivity index (χ2v) is 9.42. The van der Waals surface area contributed by atoms with Crippen molar-refractivity contribution in [2.75, 3.05) is 13.7 Å². The molecule has 2 rings (SSSR count). The van der Waals surface area contributed by atoms with Crippen LogP contribution in [0.3, 0.4) is 0 Å². The van der Waals surface area contributed by atoms with E-state index in [1.54, 1.807) is 6.07 Å². The predicted molar refractivity (Wildman–Crippen MR) is 148 cm³/mol. The third kappa shape index (κ3) is 9.35. The molecule has 0 radical (unpaired) electrons. The topological polar surface area (TPSA) is 141 Å². The van der Waals surface area contributed by atoms with Crippen LogP contribution in [-0.2, 0) is 9.59 Å². The van der Waals surface area contributed by atoms with E-state index in [9.17, 15) is 19.7 Å². The van der Waals surface area contributed by atoms with Crippen molar-refractivity contribution in [3.63, 3.8) is 0 Å². The van der Waals surface area contributed by atoms with Crippen molar-refractivity contribution in [2.24, 2.45) is 11.0 Å². The summed E-state index contributed by atoms with van der Waals surface area (Å²) < 4.78 is 16.3. The Morgan fingerprint density at radius 2 is 1.90 bits per heavy atom. The van der Waals surface area contributed by atoms with Crippen LogP contribution in [0.4, 0.5) is 5.69 Å². The van der Waals surface area contributed by atoms with E-state index in [0.29, 0.717) is 11.4 Å². The second kappa shape index (κ2) is 14.8. The Balaban J connectivity index is 2.19. The number of benzene rings is 2. The minimum Gasteiger partial charge on any atom is -0.493 e. The first-order valence-corrected chi connectivity index (χ1v) is 12.4. The number of halogens is 2. The number of carbonyl (C=O) groups excluding carboxylic acids is 2. The van der Waals surface area contributed by atoms with Crippen LogP contribution in [0.2, 0.25) is 10.0 Å². The van der Waals surface area contributed by atoms with E-state index in [-0.39, 0.29) is 46.0 Å². The van der Waals surface area contributed by atoms with E-state index in [1.807, 2.05) is 13.8 Å². The molecule has 2 aromatic rings. The largest absolute Gasteiger partial charge is 0.493 e. The van der Waals surface area contributed by atoms with Crippen molar-refractivity contribution in [3.05, 3.63) is 56.1 Å². The summed E-state index contributed by atoms with van der Waals surface area (Å²) in [5.41, 5.74) is 2.20. The molecule has 2 aromatic carbocycles. The van der Waals surface area contributed by atoms with Gasteiger partial charge in [0.25, 0.3) is 17.5 Å². The highest BCUT2D eigenvalue weighted by Gasteiger charge is 2.26. The Bertz CT molecular complexity index is 1280. The first-order chi connectivity index (χ1) is 18.5. The Kier molecular flexibility index (Phi) is 11.8. The van der Waals surface area contributed by atoms with Crippen LogP contribution in [0, 0.1) is 28.4 Å². The Morgan fingerprint density at radius 1 is 1.18 bits per heavy atom. The molecule has 0 aliphatic rings. The molecule has 0 spiro atoms. The number of nitrogens with zero attached hydrogens (tertiary/aromatic N) is 2. The van der Waals surface area contributed by atoms with Gasteiger partial charge >= 0.3 is 0 Å². The quantitative estimate of drug-likeness (QED) is 0.155. The van der Waals surface area contributed by atoms with Crippen LogP contribution in [0.1, 0.15) is 32.8 Å². The fourth-order valence-corrected chi connectivity index (χ4v) is 3.73. The number of methoxy groups -OCH3 is 1. The number of terminal acetylenes is 1. The Hall–Kier alpha value is -4.01. The van der Waals surface area contributed by atoms with E-state index >= 15 is 0 Å². The molecule has 2 atom stereocenters. The molecule has 0 saturated heterocycles. The number of ether oxygens (including phenoxy) is 3. The maximum atomic E-state index is 12.9. The zero-order valence-corrected chi connectivity index (χ0v) is 23.2. The summed E-state index contributed by atoms with van der Waals surface area (Å²) in [4.78, 5) is 36.4. The molecule has 2 N–H and O–H groups in total. The number of nitro benzene ring substituents is 1. The number of non-ortho nitro benzene ring substituents is 1. The highest BCUT2D eigenvalue weighted by atomic mass is 35.5. The van der Waals surface area contributed by atoms with Gasteiger partial charge in [-0.2, -0.15) is 5.10 Å². The van der Waals surface area contributed by atoms with Crippen molar-refractivity contribution < 1.29 is 28.7 Å². The molecule has 39 heavy (non-hydrogen) atoms. The van der Waals surface area contributed by atoms with Crippen LogP contribution >= 0.6 is 23.2 Å². The van der Waals surface area contributed by atoms with Crippen molar-refractivity contribution in [3.8, 4) is 29.6 Å². The van der Waals surface area contributed by atoms with Crippen molar-refractivity contribution in [1.29, 1.82) is 0 Å². The van der Waals surface area contributed by atoms with E-state index < -0.39 is 28.9 Å². The van der Waals surface area contributed by atoms with Crippen LogP contribution < -0.4 is 25.0 Å². The molecular formula is C26H28Cl2N4O7. The molecule has 0 saturated carbocycles. The molecule has 0 bridgehead atoms. The molecule has 0 fully saturated rings. The van der Waals surface area contributed by atoms with Gasteiger partial charge in [-0.1, -0.05) is 43.0 Å². The van der Waals surface area contributed by atoms with E-state index in [1.165, 1.54) is 38.3 Å². The predicted octanol–water partition coefficient (Wildman–Crippen LogP) is 4.37. The monoisotopic (exact) mass is 578 g/mol. The van der Waals surface area contributed by atoms with Crippen molar-refractivity contribution in [2.45, 2.75) is 39.3 Å². The number of nitro groups is 1. The third-order valence-corrected chi connectivity index (χ3v) is 5.61. The maximum Gasteiger partial charge on any atom is 0.274 e. The maximum absolute atomic E-state index is 12.9. The van der Waals surface area contributed by atoms with Gasteiger partial charge in [0, 0.05) is 16.7 Å². The summed E-state index contributed by atoms with van der Waals surface area (Å²) in [7, 11) is 1.31. The fraction of sp³-hybridized carbons (Fsp3) is 0.346. The zero-order valence-electron chi connectivity index (χ0n) is 21.7. The van der Waals surface area contributed by atoms with E-state index in [2.05, 4.69) is 21.8 Å². The Morgan fingerprint density at radius 3 is 2.49 bits per heavy atom. The molecule has 208 valence electrons. The first kappa shape index (κ1) is 31.2. The van der Waals surface area contributed by atoms with Gasteiger partial charge in [-0.3, -0.25) is 19.7 Å². The lowest BCUT2D eigenvalue weighted by atomic mass is 10.0. The van der Waals surface area contributed by atoms with Crippen LogP contribution in [-0.4, -0.2) is 48.8 Å². The van der Waals surface area contributed by atoms with Crippen LogP contribution in [0.5, 0.6) is 17.2 Å². The van der Waals surface area contributed by atoms with E-state index in [4.69, 9.17) is 43.8 Å². The molecule has 13 heteroatoms. The fourth-order valence-electron chi connectivity index (χ4n) is 3.28. The summed E-state index contributed by atoms with van der Waals surface area (Å²) in [6.07, 6.45) is 5.72. The minimum absolute atomic E-state index is 0.0387. The van der Waals surface area contributed by atoms with Crippen molar-refractivity contribution in [1.82, 2.24) is 10.7 Å². The van der Waals surface area contributed by atoms with Crippen molar-refractivity contribution >= 4 is 46.9 Å². The molecule has 11 nitrogen and oxygen atoms in total. The van der Waals surface area contributed by atoms with Gasteiger partial charge in [-0.25, -0.2) is 5.43 Å². The summed E-state index contributed by atoms with van der Waals surface area (Å²) >= 11 is 12.0. The average molecular weight is 579 g/mol. The van der Waals surface area contributed by atoms with Crippen LogP contribution in [0.15, 0.2) is 35.4 Å². The lowest BCUT2D eigenvalue weighted by Gasteiger charge is -2.22. The Labute approximate surface area is 235 Å². The molecule has 0 aliphatic carbocycles. The number of hydrogen-bond acceptors (Lipinski definition) is 8. The number of amides is 2. The number of rotatable bonds is 13. The van der Waals surface area contributed by atoms with Gasteiger partial charge in [-0.15, -0.1) is 6.42 Å². The minimum atomic E-state index is -0.983.